The van der Waals surface area contributed by atoms with Crippen molar-refractivity contribution >= 4 is 17.7 Å². The first-order chi connectivity index (χ1) is 8.69. The Labute approximate surface area is 107 Å². The lowest BCUT2D eigenvalue weighted by molar-refractivity contribution is -0.138. The molecule has 0 radical (unpaired) electrons. The Kier molecular flexibility index (Phi) is 2.62. The number of anilines is 1. The third-order valence-electron chi connectivity index (χ3n) is 3.61. The number of esters is 1. The molecule has 0 unspecified atom stereocenters. The number of carbonyl (C=O) groups excluding carboxylic acids is 1. The minimum absolute atomic E-state index is 0.208. The second-order valence-corrected chi connectivity index (χ2v) is 5.02. The summed E-state index contributed by atoms with van der Waals surface area (Å²) >= 11 is 0. The highest BCUT2D eigenvalue weighted by molar-refractivity contribution is 5.97. The fraction of sp³-hybridized carbons (Fsp3) is 0.400. The lowest BCUT2D eigenvalue weighted by Gasteiger charge is -2.07. The number of nitrogens with two attached hydrogens (primary N) is 1. The van der Waals surface area contributed by atoms with Crippen LogP contribution in [0.3, 0.4) is 0 Å². The molecule has 0 saturated heterocycles. The monoisotopic (exact) mass is 243 g/mol. The first-order valence-corrected chi connectivity index (χ1v) is 6.49. The van der Waals surface area contributed by atoms with Crippen LogP contribution < -0.4 is 5.73 Å². The molecule has 2 aliphatic carbocycles. The molecule has 0 spiro atoms. The SMILES string of the molecule is CCOC(=O)C1=Cc2cc(C3CC3)c(N)cc2C1. The van der Waals surface area contributed by atoms with Crippen molar-refractivity contribution in [1.82, 2.24) is 0 Å². The maximum atomic E-state index is 11.7. The van der Waals surface area contributed by atoms with Gasteiger partial charge in [-0.3, -0.25) is 0 Å². The van der Waals surface area contributed by atoms with Crippen molar-refractivity contribution in [2.45, 2.75) is 32.1 Å². The maximum Gasteiger partial charge on any atom is 0.334 e. The zero-order valence-electron chi connectivity index (χ0n) is 10.5. The zero-order chi connectivity index (χ0) is 12.7. The van der Waals surface area contributed by atoms with E-state index in [4.69, 9.17) is 10.5 Å². The van der Waals surface area contributed by atoms with Crippen molar-refractivity contribution in [2.24, 2.45) is 0 Å². The predicted molar refractivity (Wildman–Crippen MR) is 71.1 cm³/mol. The molecule has 1 aromatic carbocycles. The fourth-order valence-electron chi connectivity index (χ4n) is 2.53. The highest BCUT2D eigenvalue weighted by Crippen LogP contribution is 2.44. The zero-order valence-corrected chi connectivity index (χ0v) is 10.5. The van der Waals surface area contributed by atoms with Crippen LogP contribution in [0.1, 0.15) is 42.4 Å². The van der Waals surface area contributed by atoms with Gasteiger partial charge in [0.25, 0.3) is 0 Å². The molecule has 18 heavy (non-hydrogen) atoms. The average molecular weight is 243 g/mol. The first-order valence-electron chi connectivity index (χ1n) is 6.49. The minimum Gasteiger partial charge on any atom is -0.463 e. The van der Waals surface area contributed by atoms with Crippen molar-refractivity contribution in [3.05, 3.63) is 34.4 Å². The van der Waals surface area contributed by atoms with Crippen molar-refractivity contribution in [2.75, 3.05) is 12.3 Å². The van der Waals surface area contributed by atoms with Crippen LogP contribution in [0.4, 0.5) is 5.69 Å². The highest BCUT2D eigenvalue weighted by Gasteiger charge is 2.28. The number of rotatable bonds is 3. The molecule has 0 atom stereocenters. The van der Waals surface area contributed by atoms with Gasteiger partial charge in [0.15, 0.2) is 0 Å². The van der Waals surface area contributed by atoms with E-state index in [-0.39, 0.29) is 5.97 Å². The average Bonchev–Trinajstić information content (AvgIpc) is 3.09. The molecule has 3 heteroatoms. The third-order valence-corrected chi connectivity index (χ3v) is 3.61. The molecule has 94 valence electrons. The molecule has 1 fully saturated rings. The quantitative estimate of drug-likeness (QED) is 0.656. The summed E-state index contributed by atoms with van der Waals surface area (Å²) in [6, 6.07) is 4.17. The molecule has 0 amide bonds. The second kappa shape index (κ2) is 4.16. The number of hydrogen-bond donors (Lipinski definition) is 1. The number of fused-ring (bicyclic) bond motifs is 1. The van der Waals surface area contributed by atoms with E-state index in [0.29, 0.717) is 18.9 Å². The Morgan fingerprint density at radius 3 is 2.89 bits per heavy atom. The molecule has 0 aromatic heterocycles. The van der Waals surface area contributed by atoms with Crippen LogP contribution in [0.5, 0.6) is 0 Å². The predicted octanol–water partition coefficient (Wildman–Crippen LogP) is 2.65. The summed E-state index contributed by atoms with van der Waals surface area (Å²) < 4.78 is 5.04. The molecule has 3 nitrogen and oxygen atoms in total. The van der Waals surface area contributed by atoms with Crippen LogP contribution in [0.25, 0.3) is 6.08 Å². The maximum absolute atomic E-state index is 11.7. The summed E-state index contributed by atoms with van der Waals surface area (Å²) in [5.41, 5.74) is 11.2. The largest absolute Gasteiger partial charge is 0.463 e. The van der Waals surface area contributed by atoms with Crippen molar-refractivity contribution in [3.8, 4) is 0 Å². The summed E-state index contributed by atoms with van der Waals surface area (Å²) in [5.74, 6) is 0.426. The lowest BCUT2D eigenvalue weighted by atomic mass is 10.0. The van der Waals surface area contributed by atoms with Gasteiger partial charge in [-0.15, -0.1) is 0 Å². The van der Waals surface area contributed by atoms with E-state index in [2.05, 4.69) is 6.07 Å². The minimum atomic E-state index is -0.208. The number of ether oxygens (including phenoxy) is 1. The third kappa shape index (κ3) is 1.90. The van der Waals surface area contributed by atoms with Crippen LogP contribution in [-0.4, -0.2) is 12.6 Å². The van der Waals surface area contributed by atoms with Gasteiger partial charge in [-0.25, -0.2) is 4.79 Å². The van der Waals surface area contributed by atoms with Crippen molar-refractivity contribution in [3.63, 3.8) is 0 Å². The number of hydrogen-bond acceptors (Lipinski definition) is 3. The molecule has 2 aliphatic rings. The summed E-state index contributed by atoms with van der Waals surface area (Å²) in [7, 11) is 0. The van der Waals surface area contributed by atoms with Crippen LogP contribution in [0, 0.1) is 0 Å². The Balaban J connectivity index is 1.90. The van der Waals surface area contributed by atoms with Gasteiger partial charge in [0.05, 0.1) is 6.61 Å². The van der Waals surface area contributed by atoms with Crippen LogP contribution >= 0.6 is 0 Å². The first kappa shape index (κ1) is 11.3. The van der Waals surface area contributed by atoms with E-state index in [1.807, 2.05) is 19.1 Å². The van der Waals surface area contributed by atoms with Crippen molar-refractivity contribution in [1.29, 1.82) is 0 Å². The van der Waals surface area contributed by atoms with Gasteiger partial charge in [0.1, 0.15) is 0 Å². The van der Waals surface area contributed by atoms with Gasteiger partial charge in [-0.2, -0.15) is 0 Å². The molecular weight excluding hydrogens is 226 g/mol. The Hall–Kier alpha value is -1.77. The molecule has 3 rings (SSSR count). The second-order valence-electron chi connectivity index (χ2n) is 5.02. The highest BCUT2D eigenvalue weighted by atomic mass is 16.5. The topological polar surface area (TPSA) is 52.3 Å². The molecule has 0 heterocycles. The summed E-state index contributed by atoms with van der Waals surface area (Å²) in [4.78, 5) is 11.7. The summed E-state index contributed by atoms with van der Waals surface area (Å²) in [5, 5.41) is 0. The summed E-state index contributed by atoms with van der Waals surface area (Å²) in [6.07, 6.45) is 5.05. The van der Waals surface area contributed by atoms with E-state index in [0.717, 1.165) is 22.4 Å². The van der Waals surface area contributed by atoms with Crippen molar-refractivity contribution < 1.29 is 9.53 Å². The van der Waals surface area contributed by atoms with Gasteiger partial charge in [0, 0.05) is 17.7 Å². The molecule has 0 bridgehead atoms. The van der Waals surface area contributed by atoms with Gasteiger partial charge in [-0.05, 0) is 60.6 Å². The molecule has 1 aromatic rings. The van der Waals surface area contributed by atoms with E-state index >= 15 is 0 Å². The number of carbonyl (C=O) groups is 1. The molecule has 2 N–H and O–H groups in total. The smallest absolute Gasteiger partial charge is 0.334 e. The van der Waals surface area contributed by atoms with Crippen LogP contribution in [0.2, 0.25) is 0 Å². The van der Waals surface area contributed by atoms with Crippen LogP contribution in [0.15, 0.2) is 17.7 Å². The lowest BCUT2D eigenvalue weighted by Crippen LogP contribution is -2.07. The van der Waals surface area contributed by atoms with E-state index in [1.165, 1.54) is 18.4 Å². The fourth-order valence-corrected chi connectivity index (χ4v) is 2.53. The van der Waals surface area contributed by atoms with Gasteiger partial charge < -0.3 is 10.5 Å². The molecule has 0 aliphatic heterocycles. The van der Waals surface area contributed by atoms with Gasteiger partial charge >= 0.3 is 5.97 Å². The van der Waals surface area contributed by atoms with E-state index < -0.39 is 0 Å². The van der Waals surface area contributed by atoms with E-state index in [9.17, 15) is 4.79 Å². The Morgan fingerprint density at radius 2 is 2.22 bits per heavy atom. The Morgan fingerprint density at radius 1 is 1.44 bits per heavy atom. The van der Waals surface area contributed by atoms with E-state index in [1.54, 1.807) is 0 Å². The standard InChI is InChI=1S/C15H17NO2/c1-2-18-15(17)12-5-10-7-13(9-3-4-9)14(16)8-11(10)6-12/h5,7-9H,2-4,6,16H2,1H3. The molecular formula is C15H17NO2. The van der Waals surface area contributed by atoms with Crippen LogP contribution in [-0.2, 0) is 16.0 Å². The normalized spacial score (nSPS) is 17.3. The molecule has 1 saturated carbocycles. The van der Waals surface area contributed by atoms with Gasteiger partial charge in [-0.1, -0.05) is 0 Å². The summed E-state index contributed by atoms with van der Waals surface area (Å²) in [6.45, 7) is 2.24. The van der Waals surface area contributed by atoms with Gasteiger partial charge in [0.2, 0.25) is 0 Å². The number of benzene rings is 1. The Bertz CT molecular complexity index is 542. The number of nitrogen functional groups attached to an aromatic ring is 1.